The van der Waals surface area contributed by atoms with Gasteiger partial charge in [0, 0.05) is 0 Å². The summed E-state index contributed by atoms with van der Waals surface area (Å²) in [6.07, 6.45) is -3.76. The van der Waals surface area contributed by atoms with Crippen LogP contribution in [0.25, 0.3) is 0 Å². The maximum Gasteiger partial charge on any atom is 0.512 e. The molecule has 0 bridgehead atoms. The molecule has 78 valence electrons. The Balaban J connectivity index is 4.12. The fourth-order valence-corrected chi connectivity index (χ4v) is 2.81. The zero-order chi connectivity index (χ0) is 10.7. The van der Waals surface area contributed by atoms with Crippen LogP contribution in [0.2, 0.25) is 0 Å². The first kappa shape index (κ1) is 12.6. The van der Waals surface area contributed by atoms with Gasteiger partial charge in [0.1, 0.15) is 0 Å². The molecule has 0 saturated carbocycles. The molecule has 0 aromatic carbocycles. The Labute approximate surface area is 72.8 Å². The van der Waals surface area contributed by atoms with Crippen LogP contribution in [0.5, 0.6) is 0 Å². The maximum absolute atomic E-state index is 10.7. The van der Waals surface area contributed by atoms with E-state index in [2.05, 4.69) is 4.52 Å². The van der Waals surface area contributed by atoms with Crippen LogP contribution in [0, 0.1) is 0 Å². The molecular weight excluding hydrogens is 226 g/mol. The summed E-state index contributed by atoms with van der Waals surface area (Å²) in [5.41, 5.74) is 0. The number of carboxylic acid groups (broad SMARTS) is 1. The molecule has 4 N–H and O–H groups in total. The molecule has 10 heteroatoms. The van der Waals surface area contributed by atoms with Gasteiger partial charge in [0.05, 0.1) is 12.3 Å². The lowest BCUT2D eigenvalue weighted by Crippen LogP contribution is -2.04. The van der Waals surface area contributed by atoms with E-state index in [-0.39, 0.29) is 0 Å². The van der Waals surface area contributed by atoms with E-state index in [1.54, 1.807) is 0 Å². The smallest absolute Gasteiger partial charge is 0.449 e. The summed E-state index contributed by atoms with van der Waals surface area (Å²) >= 11 is 0. The second kappa shape index (κ2) is 4.21. The van der Waals surface area contributed by atoms with Crippen molar-refractivity contribution in [2.45, 2.75) is 0 Å². The van der Waals surface area contributed by atoms with E-state index in [4.69, 9.17) is 19.8 Å². The molecule has 13 heavy (non-hydrogen) atoms. The molecule has 0 aromatic heterocycles. The molecular formula is C3H8O8P2. The molecule has 1 unspecified atom stereocenters. The fraction of sp³-hybridized carbons (Fsp3) is 0.667. The Hall–Kier alpha value is -0.390. The van der Waals surface area contributed by atoms with Crippen LogP contribution in [-0.4, -0.2) is 38.3 Å². The first-order valence-electron chi connectivity index (χ1n) is 2.91. The summed E-state index contributed by atoms with van der Waals surface area (Å²) < 4.78 is 24.4. The summed E-state index contributed by atoms with van der Waals surface area (Å²) in [6.45, 7) is 0. The molecule has 0 aromatic rings. The lowest BCUT2D eigenvalue weighted by molar-refractivity contribution is 0.138. The normalized spacial score (nSPS) is 16.2. The van der Waals surface area contributed by atoms with Crippen LogP contribution >= 0.6 is 15.2 Å². The molecule has 0 saturated heterocycles. The van der Waals surface area contributed by atoms with Gasteiger partial charge in [0.15, 0.2) is 0 Å². The van der Waals surface area contributed by atoms with Gasteiger partial charge in [-0.05, 0) is 0 Å². The largest absolute Gasteiger partial charge is 0.512 e. The molecule has 0 amide bonds. The van der Waals surface area contributed by atoms with Gasteiger partial charge in [0.2, 0.25) is 0 Å². The molecule has 8 nitrogen and oxygen atoms in total. The highest BCUT2D eigenvalue weighted by atomic mass is 31.2. The predicted octanol–water partition coefficient (Wildman–Crippen LogP) is 0.0441. The average Bonchev–Trinajstić information content (AvgIpc) is 1.79. The second-order valence-corrected chi connectivity index (χ2v) is 5.79. The van der Waals surface area contributed by atoms with Crippen LogP contribution in [-0.2, 0) is 13.7 Å². The van der Waals surface area contributed by atoms with Crippen molar-refractivity contribution in [2.75, 3.05) is 12.3 Å². The Morgan fingerprint density at radius 3 is 1.92 bits per heavy atom. The minimum Gasteiger partial charge on any atom is -0.449 e. The van der Waals surface area contributed by atoms with E-state index in [0.29, 0.717) is 0 Å². The predicted molar refractivity (Wildman–Crippen MR) is 40.7 cm³/mol. The zero-order valence-corrected chi connectivity index (χ0v) is 8.02. The third kappa shape index (κ3) is 7.95. The van der Waals surface area contributed by atoms with E-state index >= 15 is 0 Å². The third-order valence-electron chi connectivity index (χ3n) is 0.895. The quantitative estimate of drug-likeness (QED) is 0.499. The Morgan fingerprint density at radius 2 is 1.62 bits per heavy atom. The Bertz CT molecular complexity index is 277. The molecule has 0 aliphatic heterocycles. The Morgan fingerprint density at radius 1 is 1.15 bits per heavy atom. The summed E-state index contributed by atoms with van der Waals surface area (Å²) in [6, 6.07) is 0. The summed E-state index contributed by atoms with van der Waals surface area (Å²) in [4.78, 5) is 35.0. The van der Waals surface area contributed by atoms with Crippen LogP contribution in [0.1, 0.15) is 0 Å². The number of hydrogen-bond acceptors (Lipinski definition) is 4. The summed E-state index contributed by atoms with van der Waals surface area (Å²) in [7, 11) is -8.85. The van der Waals surface area contributed by atoms with E-state index in [9.17, 15) is 13.9 Å². The minimum atomic E-state index is -4.44. The lowest BCUT2D eigenvalue weighted by Gasteiger charge is -2.09. The van der Waals surface area contributed by atoms with Crippen molar-refractivity contribution in [3.8, 4) is 0 Å². The van der Waals surface area contributed by atoms with Gasteiger partial charge in [-0.15, -0.1) is 0 Å². The van der Waals surface area contributed by atoms with Crippen molar-refractivity contribution in [1.82, 2.24) is 0 Å². The van der Waals surface area contributed by atoms with Crippen molar-refractivity contribution in [3.05, 3.63) is 0 Å². The van der Waals surface area contributed by atoms with Crippen LogP contribution in [0.4, 0.5) is 4.79 Å². The summed E-state index contributed by atoms with van der Waals surface area (Å²) in [5, 5.41) is 7.93. The third-order valence-corrected chi connectivity index (χ3v) is 3.28. The van der Waals surface area contributed by atoms with Gasteiger partial charge in [-0.1, -0.05) is 0 Å². The second-order valence-electron chi connectivity index (χ2n) is 2.11. The summed E-state index contributed by atoms with van der Waals surface area (Å²) in [5.74, 6) is 0. The van der Waals surface area contributed by atoms with Crippen molar-refractivity contribution >= 4 is 21.3 Å². The monoisotopic (exact) mass is 234 g/mol. The van der Waals surface area contributed by atoms with Gasteiger partial charge in [-0.3, -0.25) is 4.57 Å². The average molecular weight is 234 g/mol. The van der Waals surface area contributed by atoms with E-state index < -0.39 is 33.7 Å². The van der Waals surface area contributed by atoms with Gasteiger partial charge in [-0.2, -0.15) is 0 Å². The van der Waals surface area contributed by atoms with Gasteiger partial charge in [0.25, 0.3) is 0 Å². The molecule has 0 spiro atoms. The minimum absolute atomic E-state index is 0.895. The number of carbonyl (C=O) groups is 1. The van der Waals surface area contributed by atoms with Crippen molar-refractivity contribution in [3.63, 3.8) is 0 Å². The zero-order valence-electron chi connectivity index (χ0n) is 6.23. The highest BCUT2D eigenvalue weighted by molar-refractivity contribution is 7.56. The van der Waals surface area contributed by atoms with E-state index in [1.807, 2.05) is 0 Å². The van der Waals surface area contributed by atoms with E-state index in [0.717, 1.165) is 0 Å². The maximum atomic E-state index is 10.7. The van der Waals surface area contributed by atoms with E-state index in [1.165, 1.54) is 0 Å². The fourth-order valence-electron chi connectivity index (χ4n) is 0.424. The molecule has 0 heterocycles. The molecule has 0 aliphatic rings. The molecule has 1 atom stereocenters. The van der Waals surface area contributed by atoms with Crippen LogP contribution < -0.4 is 0 Å². The lowest BCUT2D eigenvalue weighted by atomic mass is 11.0. The van der Waals surface area contributed by atoms with Gasteiger partial charge in [-0.25, -0.2) is 9.36 Å². The standard InChI is InChI=1S/C3H8O8P2/c4-3(5)11-13(9,10)2-1-12(6,7)8/h1-2H2,(H,4,5)(H,9,10)(H2,6,7,8). The van der Waals surface area contributed by atoms with Crippen LogP contribution in [0.15, 0.2) is 0 Å². The molecule has 0 radical (unpaired) electrons. The number of rotatable bonds is 4. The van der Waals surface area contributed by atoms with Crippen LogP contribution in [0.3, 0.4) is 0 Å². The first-order valence-corrected chi connectivity index (χ1v) is 6.47. The van der Waals surface area contributed by atoms with Crippen molar-refractivity contribution in [2.24, 2.45) is 0 Å². The Kier molecular flexibility index (Phi) is 4.09. The first-order chi connectivity index (χ1) is 5.62. The topological polar surface area (TPSA) is 141 Å². The molecule has 0 rings (SSSR count). The highest BCUT2D eigenvalue weighted by Crippen LogP contribution is 2.46. The highest BCUT2D eigenvalue weighted by Gasteiger charge is 2.28. The van der Waals surface area contributed by atoms with Gasteiger partial charge < -0.3 is 24.3 Å². The molecule has 0 aliphatic carbocycles. The number of hydrogen-bond donors (Lipinski definition) is 4. The SMILES string of the molecule is O=C(O)OP(=O)(O)CCP(=O)(O)O. The molecule has 0 fully saturated rings. The van der Waals surface area contributed by atoms with Crippen molar-refractivity contribution < 1.29 is 38.2 Å². The van der Waals surface area contributed by atoms with Gasteiger partial charge >= 0.3 is 21.3 Å². The van der Waals surface area contributed by atoms with Crippen molar-refractivity contribution in [1.29, 1.82) is 0 Å².